The average Bonchev–Trinajstić information content (AvgIpc) is 2.50. The second kappa shape index (κ2) is 9.66. The van der Waals surface area contributed by atoms with E-state index in [1.165, 1.54) is 25.9 Å². The lowest BCUT2D eigenvalue weighted by Gasteiger charge is -2.35. The molecule has 1 saturated heterocycles. The summed E-state index contributed by atoms with van der Waals surface area (Å²) in [4.78, 5) is 7.35. The number of rotatable bonds is 7. The predicted octanol–water partition coefficient (Wildman–Crippen LogP) is 2.80. The first-order chi connectivity index (χ1) is 10.4. The fraction of sp³-hybridized carbons (Fsp3) is 0.941. The van der Waals surface area contributed by atoms with Crippen molar-refractivity contribution < 1.29 is 0 Å². The molecule has 1 rings (SSSR count). The molecule has 0 spiro atoms. The van der Waals surface area contributed by atoms with Crippen molar-refractivity contribution in [3.05, 3.63) is 0 Å². The molecule has 2 N–H and O–H groups in total. The molecule has 1 unspecified atom stereocenters. The number of piperidine rings is 1. The Hall–Kier alpha value is -0.420. The SMILES string of the molecule is CCNC(=NCC(C)(C)SC)NCC1CCCN(C(C)C)C1. The summed E-state index contributed by atoms with van der Waals surface area (Å²) in [5.74, 6) is 1.69. The highest BCUT2D eigenvalue weighted by molar-refractivity contribution is 7.99. The van der Waals surface area contributed by atoms with Crippen LogP contribution in [-0.2, 0) is 0 Å². The van der Waals surface area contributed by atoms with E-state index in [2.05, 4.69) is 56.4 Å². The van der Waals surface area contributed by atoms with Gasteiger partial charge in [-0.3, -0.25) is 4.99 Å². The normalized spacial score (nSPS) is 21.2. The first-order valence-electron chi connectivity index (χ1n) is 8.69. The number of hydrogen-bond donors (Lipinski definition) is 2. The second-order valence-corrected chi connectivity index (χ2v) is 8.65. The van der Waals surface area contributed by atoms with Gasteiger partial charge in [0.25, 0.3) is 0 Å². The van der Waals surface area contributed by atoms with E-state index in [0.717, 1.165) is 31.5 Å². The van der Waals surface area contributed by atoms with Gasteiger partial charge in [0.05, 0.1) is 6.54 Å². The van der Waals surface area contributed by atoms with Crippen LogP contribution in [0.3, 0.4) is 0 Å². The van der Waals surface area contributed by atoms with E-state index in [-0.39, 0.29) is 4.75 Å². The minimum atomic E-state index is 0.196. The van der Waals surface area contributed by atoms with E-state index in [1.807, 2.05) is 11.8 Å². The summed E-state index contributed by atoms with van der Waals surface area (Å²) in [6.45, 7) is 16.4. The minimum Gasteiger partial charge on any atom is -0.357 e. The third-order valence-corrected chi connectivity index (χ3v) is 5.59. The van der Waals surface area contributed by atoms with Crippen LogP contribution in [0, 0.1) is 5.92 Å². The molecule has 0 amide bonds. The van der Waals surface area contributed by atoms with Gasteiger partial charge in [0.15, 0.2) is 5.96 Å². The molecule has 0 aromatic carbocycles. The Morgan fingerprint density at radius 1 is 1.36 bits per heavy atom. The fourth-order valence-corrected chi connectivity index (χ4v) is 2.84. The van der Waals surface area contributed by atoms with Crippen LogP contribution in [-0.4, -0.2) is 60.6 Å². The fourth-order valence-electron chi connectivity index (χ4n) is 2.65. The molecule has 1 aliphatic heterocycles. The van der Waals surface area contributed by atoms with Crippen molar-refractivity contribution in [1.29, 1.82) is 0 Å². The third-order valence-electron chi connectivity index (χ3n) is 4.35. The number of aliphatic imine (C=N–C) groups is 1. The molecule has 5 heteroatoms. The highest BCUT2D eigenvalue weighted by Gasteiger charge is 2.22. The van der Waals surface area contributed by atoms with Gasteiger partial charge in [-0.05, 0) is 66.2 Å². The molecular weight excluding hydrogens is 292 g/mol. The average molecular weight is 329 g/mol. The zero-order valence-electron chi connectivity index (χ0n) is 15.4. The summed E-state index contributed by atoms with van der Waals surface area (Å²) in [5.41, 5.74) is 0. The number of nitrogens with one attached hydrogen (secondary N) is 2. The van der Waals surface area contributed by atoms with Crippen molar-refractivity contribution in [2.24, 2.45) is 10.9 Å². The predicted molar refractivity (Wildman–Crippen MR) is 101 cm³/mol. The van der Waals surface area contributed by atoms with Crippen LogP contribution in [0.1, 0.15) is 47.5 Å². The molecule has 4 nitrogen and oxygen atoms in total. The molecule has 0 aliphatic carbocycles. The molecule has 0 aromatic heterocycles. The lowest BCUT2D eigenvalue weighted by Crippen LogP contribution is -2.46. The molecule has 22 heavy (non-hydrogen) atoms. The van der Waals surface area contributed by atoms with Crippen LogP contribution < -0.4 is 10.6 Å². The van der Waals surface area contributed by atoms with Crippen molar-refractivity contribution in [3.8, 4) is 0 Å². The molecular formula is C17H36N4S. The smallest absolute Gasteiger partial charge is 0.191 e. The van der Waals surface area contributed by atoms with Gasteiger partial charge >= 0.3 is 0 Å². The zero-order valence-corrected chi connectivity index (χ0v) is 16.2. The van der Waals surface area contributed by atoms with Crippen LogP contribution in [0.25, 0.3) is 0 Å². The van der Waals surface area contributed by atoms with Gasteiger partial charge in [0.1, 0.15) is 0 Å². The van der Waals surface area contributed by atoms with Crippen molar-refractivity contribution in [3.63, 3.8) is 0 Å². The van der Waals surface area contributed by atoms with Crippen molar-refractivity contribution >= 4 is 17.7 Å². The molecule has 0 saturated carbocycles. The van der Waals surface area contributed by atoms with E-state index >= 15 is 0 Å². The maximum atomic E-state index is 4.75. The van der Waals surface area contributed by atoms with Crippen molar-refractivity contribution in [1.82, 2.24) is 15.5 Å². The Bertz CT molecular complexity index is 342. The maximum absolute atomic E-state index is 4.75. The summed E-state index contributed by atoms with van der Waals surface area (Å²) in [7, 11) is 0. The van der Waals surface area contributed by atoms with Crippen molar-refractivity contribution in [2.45, 2.75) is 58.2 Å². The highest BCUT2D eigenvalue weighted by Crippen LogP contribution is 2.21. The van der Waals surface area contributed by atoms with Crippen LogP contribution >= 0.6 is 11.8 Å². The first kappa shape index (κ1) is 19.6. The molecule has 0 bridgehead atoms. The largest absolute Gasteiger partial charge is 0.357 e. The number of likely N-dealkylation sites (tertiary alicyclic amines) is 1. The Morgan fingerprint density at radius 3 is 2.68 bits per heavy atom. The topological polar surface area (TPSA) is 39.7 Å². The summed E-state index contributed by atoms with van der Waals surface area (Å²) in [6, 6.07) is 0.659. The molecule has 0 radical (unpaired) electrons. The summed E-state index contributed by atoms with van der Waals surface area (Å²) in [5, 5.41) is 6.92. The van der Waals surface area contributed by atoms with Crippen LogP contribution in [0.5, 0.6) is 0 Å². The lowest BCUT2D eigenvalue weighted by atomic mass is 9.97. The Labute approximate surface area is 141 Å². The molecule has 1 heterocycles. The maximum Gasteiger partial charge on any atom is 0.191 e. The van der Waals surface area contributed by atoms with Gasteiger partial charge < -0.3 is 15.5 Å². The minimum absolute atomic E-state index is 0.196. The molecule has 1 atom stereocenters. The zero-order chi connectivity index (χ0) is 16.6. The third kappa shape index (κ3) is 7.23. The van der Waals surface area contributed by atoms with E-state index in [1.54, 1.807) is 0 Å². The standard InChI is InChI=1S/C17H36N4S/c1-7-18-16(20-13-17(4,5)22-6)19-11-15-9-8-10-21(12-15)14(2)3/h14-15H,7-13H2,1-6H3,(H2,18,19,20). The van der Waals surface area contributed by atoms with Crippen LogP contribution in [0.2, 0.25) is 0 Å². The van der Waals surface area contributed by atoms with E-state index in [4.69, 9.17) is 4.99 Å². The summed E-state index contributed by atoms with van der Waals surface area (Å²) < 4.78 is 0.196. The molecule has 1 fully saturated rings. The summed E-state index contributed by atoms with van der Waals surface area (Å²) >= 11 is 1.87. The van der Waals surface area contributed by atoms with Gasteiger partial charge in [-0.15, -0.1) is 0 Å². The monoisotopic (exact) mass is 328 g/mol. The van der Waals surface area contributed by atoms with Gasteiger partial charge in [-0.1, -0.05) is 0 Å². The first-order valence-corrected chi connectivity index (χ1v) is 9.91. The number of nitrogens with zero attached hydrogens (tertiary/aromatic N) is 2. The Balaban J connectivity index is 2.48. The molecule has 1 aliphatic rings. The Kier molecular flexibility index (Phi) is 8.62. The quantitative estimate of drug-likeness (QED) is 0.557. The van der Waals surface area contributed by atoms with Gasteiger partial charge in [-0.25, -0.2) is 0 Å². The summed E-state index contributed by atoms with van der Waals surface area (Å²) in [6.07, 6.45) is 4.79. The second-order valence-electron chi connectivity index (χ2n) is 7.14. The molecule has 0 aromatic rings. The van der Waals surface area contributed by atoms with E-state index in [9.17, 15) is 0 Å². The molecule has 130 valence electrons. The Morgan fingerprint density at radius 2 is 2.09 bits per heavy atom. The van der Waals surface area contributed by atoms with Gasteiger partial charge in [-0.2, -0.15) is 11.8 Å². The van der Waals surface area contributed by atoms with Crippen LogP contribution in [0.4, 0.5) is 0 Å². The van der Waals surface area contributed by atoms with E-state index in [0.29, 0.717) is 6.04 Å². The number of guanidine groups is 1. The van der Waals surface area contributed by atoms with Gasteiger partial charge in [0.2, 0.25) is 0 Å². The number of thioether (sulfide) groups is 1. The van der Waals surface area contributed by atoms with Crippen LogP contribution in [0.15, 0.2) is 4.99 Å². The van der Waals surface area contributed by atoms with Gasteiger partial charge in [0, 0.05) is 30.4 Å². The lowest BCUT2D eigenvalue weighted by molar-refractivity contribution is 0.141. The van der Waals surface area contributed by atoms with Crippen molar-refractivity contribution in [2.75, 3.05) is 39.0 Å². The van der Waals surface area contributed by atoms with E-state index < -0.39 is 0 Å². The highest BCUT2D eigenvalue weighted by atomic mass is 32.2. The number of hydrogen-bond acceptors (Lipinski definition) is 3.